The molecule has 0 unspecified atom stereocenters. The lowest BCUT2D eigenvalue weighted by Crippen LogP contribution is -2.27. The lowest BCUT2D eigenvalue weighted by atomic mass is 9.98. The minimum Gasteiger partial charge on any atom is -0.489 e. The Bertz CT molecular complexity index is 2300. The van der Waals surface area contributed by atoms with Crippen LogP contribution in [-0.2, 0) is 17.9 Å². The van der Waals surface area contributed by atoms with E-state index in [1.165, 1.54) is 59.9 Å². The summed E-state index contributed by atoms with van der Waals surface area (Å²) < 4.78 is 11.7. The fourth-order valence-corrected chi connectivity index (χ4v) is 7.91. The maximum atomic E-state index is 13.3. The highest BCUT2D eigenvalue weighted by molar-refractivity contribution is 6.06. The summed E-state index contributed by atoms with van der Waals surface area (Å²) in [4.78, 5) is 30.2. The van der Waals surface area contributed by atoms with Crippen LogP contribution in [0.4, 0.5) is 16.2 Å². The van der Waals surface area contributed by atoms with Crippen LogP contribution in [0, 0.1) is 6.92 Å². The summed E-state index contributed by atoms with van der Waals surface area (Å²) in [6.07, 6.45) is 9.03. The summed E-state index contributed by atoms with van der Waals surface area (Å²) >= 11 is 0. The topological polar surface area (TPSA) is 128 Å². The number of unbranched alkanes of at least 4 members (excludes halogenated alkanes) is 7. The molecule has 1 aliphatic rings. The van der Waals surface area contributed by atoms with Crippen LogP contribution < -0.4 is 26.4 Å². The molecule has 0 saturated heterocycles. The number of rotatable bonds is 20. The Balaban J connectivity index is 0.708. The van der Waals surface area contributed by atoms with E-state index in [4.69, 9.17) is 15.2 Å². The predicted molar refractivity (Wildman–Crippen MR) is 238 cm³/mol. The van der Waals surface area contributed by atoms with Crippen molar-refractivity contribution < 1.29 is 19.1 Å². The molecule has 59 heavy (non-hydrogen) atoms. The van der Waals surface area contributed by atoms with Crippen LogP contribution in [0.5, 0.6) is 5.75 Å². The van der Waals surface area contributed by atoms with Crippen LogP contribution in [0.3, 0.4) is 0 Å². The Labute approximate surface area is 347 Å². The lowest BCUT2D eigenvalue weighted by Gasteiger charge is -2.14. The maximum absolute atomic E-state index is 13.3. The van der Waals surface area contributed by atoms with Gasteiger partial charge in [0.25, 0.3) is 5.91 Å². The largest absolute Gasteiger partial charge is 0.489 e. The van der Waals surface area contributed by atoms with Crippen molar-refractivity contribution in [2.45, 2.75) is 77.4 Å². The smallest absolute Gasteiger partial charge is 0.407 e. The van der Waals surface area contributed by atoms with E-state index in [0.29, 0.717) is 30.1 Å². The van der Waals surface area contributed by atoms with E-state index in [0.717, 1.165) is 60.3 Å². The number of anilines is 2. The van der Waals surface area contributed by atoms with Gasteiger partial charge in [-0.3, -0.25) is 9.78 Å². The molecule has 304 valence electrons. The minimum absolute atomic E-state index is 0.0851. The number of carbonyl (C=O) groups is 2. The SMILES string of the molecule is Cc1cc(N)c2cc(NC(=O)c3ccccc3COc3ccc(CNCCCCCCCCCCNC(=O)OCC4c5ccccc5-c5ccccc54)cc3)ccc2n1. The molecule has 1 heterocycles. The number of fused-ring (bicyclic) bond motifs is 4. The summed E-state index contributed by atoms with van der Waals surface area (Å²) in [5.41, 5.74) is 16.6. The summed E-state index contributed by atoms with van der Waals surface area (Å²) in [5.74, 6) is 0.629. The van der Waals surface area contributed by atoms with Crippen molar-refractivity contribution in [3.63, 3.8) is 0 Å². The molecule has 1 aromatic heterocycles. The molecule has 0 fully saturated rings. The van der Waals surface area contributed by atoms with E-state index in [9.17, 15) is 9.59 Å². The average Bonchev–Trinajstić information content (AvgIpc) is 3.57. The number of hydrogen-bond acceptors (Lipinski definition) is 7. The van der Waals surface area contributed by atoms with Crippen molar-refractivity contribution in [1.29, 1.82) is 0 Å². The fraction of sp³-hybridized carbons (Fsp3) is 0.300. The number of nitrogens with zero attached hydrogens (tertiary/aromatic N) is 1. The second-order valence-electron chi connectivity index (χ2n) is 15.4. The molecule has 9 heteroatoms. The first kappa shape index (κ1) is 41.0. The van der Waals surface area contributed by atoms with Gasteiger partial charge in [-0.25, -0.2) is 4.79 Å². The zero-order valence-electron chi connectivity index (χ0n) is 34.0. The molecular formula is C50H55N5O4. The molecule has 0 bridgehead atoms. The molecule has 0 radical (unpaired) electrons. The molecule has 0 atom stereocenters. The zero-order valence-corrected chi connectivity index (χ0v) is 34.0. The monoisotopic (exact) mass is 789 g/mol. The van der Waals surface area contributed by atoms with Gasteiger partial charge in [0.05, 0.1) is 5.52 Å². The van der Waals surface area contributed by atoms with Gasteiger partial charge in [-0.2, -0.15) is 0 Å². The third kappa shape index (κ3) is 11.1. The van der Waals surface area contributed by atoms with Crippen LogP contribution in [-0.4, -0.2) is 36.7 Å². The average molecular weight is 790 g/mol. The third-order valence-corrected chi connectivity index (χ3v) is 11.0. The van der Waals surface area contributed by atoms with E-state index >= 15 is 0 Å². The Hall–Kier alpha value is -6.19. The van der Waals surface area contributed by atoms with Gasteiger partial charge in [0.2, 0.25) is 0 Å². The van der Waals surface area contributed by atoms with Crippen molar-refractivity contribution in [3.05, 3.63) is 155 Å². The normalized spacial score (nSPS) is 11.9. The standard InChI is InChI=1S/C50H55N5O4/c1-35-30-47(51)45-31-38(24-27-48(45)54-35)55-49(56)40-17-9-8-16-37(40)33-58-39-25-22-36(23-26-39)32-52-28-14-6-4-2-3-5-7-15-29-53-50(57)59-34-46-43-20-12-10-18-41(43)42-19-11-13-21-44(42)46/h8-13,16-27,30-31,46,52H,2-7,14-15,28-29,32-34H2,1H3,(H2,51,54)(H,53,57)(H,55,56). The zero-order chi connectivity index (χ0) is 40.8. The van der Waals surface area contributed by atoms with E-state index in [1.807, 2.05) is 67.6 Å². The lowest BCUT2D eigenvalue weighted by molar-refractivity contribution is 0.102. The molecule has 9 nitrogen and oxygen atoms in total. The second kappa shape index (κ2) is 20.5. The fourth-order valence-electron chi connectivity index (χ4n) is 7.91. The highest BCUT2D eigenvalue weighted by atomic mass is 16.5. The second-order valence-corrected chi connectivity index (χ2v) is 15.4. The number of benzene rings is 5. The molecule has 1 aliphatic carbocycles. The number of ether oxygens (including phenoxy) is 2. The van der Waals surface area contributed by atoms with Gasteiger partial charge < -0.3 is 31.2 Å². The van der Waals surface area contributed by atoms with Gasteiger partial charge >= 0.3 is 6.09 Å². The quantitative estimate of drug-likeness (QED) is 0.0567. The minimum atomic E-state index is -0.331. The molecular weight excluding hydrogens is 735 g/mol. The number of alkyl carbamates (subject to hydrolysis) is 1. The van der Waals surface area contributed by atoms with E-state index in [-0.39, 0.29) is 24.5 Å². The van der Waals surface area contributed by atoms with Crippen molar-refractivity contribution >= 4 is 34.3 Å². The Kier molecular flexibility index (Phi) is 14.2. The van der Waals surface area contributed by atoms with Crippen LogP contribution in [0.1, 0.15) is 95.6 Å². The van der Waals surface area contributed by atoms with Crippen molar-refractivity contribution in [2.75, 3.05) is 30.7 Å². The molecule has 5 aromatic carbocycles. The summed E-state index contributed by atoms with van der Waals surface area (Å²) in [7, 11) is 0. The van der Waals surface area contributed by atoms with E-state index in [1.54, 1.807) is 0 Å². The third-order valence-electron chi connectivity index (χ3n) is 11.0. The number of aromatic nitrogens is 1. The van der Waals surface area contributed by atoms with Crippen molar-refractivity contribution in [2.24, 2.45) is 0 Å². The Morgan fingerprint density at radius 2 is 1.36 bits per heavy atom. The molecule has 7 rings (SSSR count). The predicted octanol–water partition coefficient (Wildman–Crippen LogP) is 10.7. The Morgan fingerprint density at radius 1 is 0.712 bits per heavy atom. The molecule has 6 aromatic rings. The first-order valence-electron chi connectivity index (χ1n) is 21.0. The highest BCUT2D eigenvalue weighted by Gasteiger charge is 2.29. The number of aryl methyl sites for hydroxylation is 1. The van der Waals surface area contributed by atoms with E-state index in [2.05, 4.69) is 81.6 Å². The number of carbonyl (C=O) groups excluding carboxylic acids is 2. The van der Waals surface area contributed by atoms with Gasteiger partial charge in [0.1, 0.15) is 19.0 Å². The number of nitrogens with one attached hydrogen (secondary N) is 3. The first-order chi connectivity index (χ1) is 28.9. The van der Waals surface area contributed by atoms with Gasteiger partial charge in [-0.1, -0.05) is 117 Å². The molecule has 2 amide bonds. The molecule has 0 aliphatic heterocycles. The Morgan fingerprint density at radius 3 is 2.08 bits per heavy atom. The van der Waals surface area contributed by atoms with E-state index < -0.39 is 0 Å². The summed E-state index contributed by atoms with van der Waals surface area (Å²) in [6, 6.07) is 39.8. The number of hydrogen-bond donors (Lipinski definition) is 4. The highest BCUT2D eigenvalue weighted by Crippen LogP contribution is 2.44. The molecule has 0 saturated carbocycles. The molecule has 0 spiro atoms. The molecule has 5 N–H and O–H groups in total. The van der Waals surface area contributed by atoms with Crippen LogP contribution >= 0.6 is 0 Å². The summed E-state index contributed by atoms with van der Waals surface area (Å²) in [5, 5.41) is 10.3. The van der Waals surface area contributed by atoms with Crippen LogP contribution in [0.15, 0.2) is 121 Å². The number of nitrogens with two attached hydrogens (primary N) is 1. The number of amides is 2. The van der Waals surface area contributed by atoms with Gasteiger partial charge in [-0.15, -0.1) is 0 Å². The summed E-state index contributed by atoms with van der Waals surface area (Å²) in [6.45, 7) is 4.98. The number of pyridine rings is 1. The van der Waals surface area contributed by atoms with Gasteiger partial charge in [0, 0.05) is 52.6 Å². The van der Waals surface area contributed by atoms with Gasteiger partial charge in [-0.05, 0) is 96.6 Å². The van der Waals surface area contributed by atoms with Crippen molar-refractivity contribution in [1.82, 2.24) is 15.6 Å². The maximum Gasteiger partial charge on any atom is 0.407 e. The van der Waals surface area contributed by atoms with Crippen LogP contribution in [0.25, 0.3) is 22.0 Å². The number of nitrogen functional groups attached to an aromatic ring is 1. The van der Waals surface area contributed by atoms with Crippen molar-refractivity contribution in [3.8, 4) is 16.9 Å². The first-order valence-corrected chi connectivity index (χ1v) is 21.0. The van der Waals surface area contributed by atoms with Crippen LogP contribution in [0.2, 0.25) is 0 Å². The van der Waals surface area contributed by atoms with Gasteiger partial charge in [0.15, 0.2) is 0 Å².